The molecule has 0 amide bonds. The van der Waals surface area contributed by atoms with E-state index in [9.17, 15) is 9.90 Å². The van der Waals surface area contributed by atoms with Gasteiger partial charge in [-0.05, 0) is 42.6 Å². The van der Waals surface area contributed by atoms with E-state index in [1.54, 1.807) is 0 Å². The highest BCUT2D eigenvalue weighted by atomic mass is 16.4. The van der Waals surface area contributed by atoms with Crippen molar-refractivity contribution in [2.75, 3.05) is 0 Å². The smallest absolute Gasteiger partial charge is 0.320 e. The van der Waals surface area contributed by atoms with Gasteiger partial charge in [0.25, 0.3) is 0 Å². The van der Waals surface area contributed by atoms with Crippen molar-refractivity contribution in [2.45, 2.75) is 58.6 Å². The van der Waals surface area contributed by atoms with E-state index < -0.39 is 12.0 Å². The number of aliphatic carboxylic acids is 1. The zero-order valence-corrected chi connectivity index (χ0v) is 14.5. The number of benzene rings is 1. The summed E-state index contributed by atoms with van der Waals surface area (Å²) in [5.41, 5.74) is 6.30. The number of rotatable bonds is 4. The summed E-state index contributed by atoms with van der Waals surface area (Å²) in [5.74, 6) is 0.988. The highest BCUT2D eigenvalue weighted by molar-refractivity contribution is 5.73. The van der Waals surface area contributed by atoms with Crippen LogP contribution in [0.4, 0.5) is 0 Å². The normalized spacial score (nSPS) is 25.4. The lowest BCUT2D eigenvalue weighted by Gasteiger charge is -2.33. The maximum Gasteiger partial charge on any atom is 0.320 e. The summed E-state index contributed by atoms with van der Waals surface area (Å²) in [6.07, 6.45) is 3.90. The number of carbonyl (C=O) groups is 1. The van der Waals surface area contributed by atoms with Crippen LogP contribution in [0.2, 0.25) is 0 Å². The van der Waals surface area contributed by atoms with Gasteiger partial charge in [-0.15, -0.1) is 0 Å². The van der Waals surface area contributed by atoms with Gasteiger partial charge in [0.1, 0.15) is 6.04 Å². The van der Waals surface area contributed by atoms with Crippen molar-refractivity contribution in [3.63, 3.8) is 0 Å². The van der Waals surface area contributed by atoms with Crippen LogP contribution in [0.5, 0.6) is 0 Å². The fourth-order valence-electron chi connectivity index (χ4n) is 3.11. The van der Waals surface area contributed by atoms with E-state index in [0.717, 1.165) is 17.9 Å². The fourth-order valence-corrected chi connectivity index (χ4v) is 3.11. The molecule has 1 saturated carbocycles. The van der Waals surface area contributed by atoms with E-state index in [-0.39, 0.29) is 6.10 Å². The van der Waals surface area contributed by atoms with Crippen molar-refractivity contribution < 1.29 is 15.0 Å². The molecule has 1 aromatic rings. The van der Waals surface area contributed by atoms with Crippen molar-refractivity contribution in [3.05, 3.63) is 35.9 Å². The number of hydrogen-bond acceptors (Lipinski definition) is 3. The van der Waals surface area contributed by atoms with Crippen molar-refractivity contribution in [2.24, 2.45) is 23.5 Å². The van der Waals surface area contributed by atoms with Crippen LogP contribution in [-0.4, -0.2) is 28.3 Å². The van der Waals surface area contributed by atoms with Crippen LogP contribution in [0, 0.1) is 17.8 Å². The Balaban J connectivity index is 0.000000231. The van der Waals surface area contributed by atoms with Crippen LogP contribution in [-0.2, 0) is 11.2 Å². The molecular formula is C19H31NO3. The molecule has 1 aromatic carbocycles. The number of carboxylic acids is 1. The summed E-state index contributed by atoms with van der Waals surface area (Å²) in [7, 11) is 0. The molecule has 0 bridgehead atoms. The zero-order valence-electron chi connectivity index (χ0n) is 14.5. The summed E-state index contributed by atoms with van der Waals surface area (Å²) in [4.78, 5) is 10.4. The van der Waals surface area contributed by atoms with Gasteiger partial charge in [-0.1, -0.05) is 57.5 Å². The van der Waals surface area contributed by atoms with E-state index in [1.165, 1.54) is 12.8 Å². The first kappa shape index (κ1) is 19.7. The van der Waals surface area contributed by atoms with Gasteiger partial charge in [-0.3, -0.25) is 4.79 Å². The Labute approximate surface area is 139 Å². The van der Waals surface area contributed by atoms with Crippen molar-refractivity contribution in [1.82, 2.24) is 0 Å². The lowest BCUT2D eigenvalue weighted by molar-refractivity contribution is -0.138. The van der Waals surface area contributed by atoms with Crippen molar-refractivity contribution in [1.29, 1.82) is 0 Å². The zero-order chi connectivity index (χ0) is 17.4. The highest BCUT2D eigenvalue weighted by Crippen LogP contribution is 2.33. The number of hydrogen-bond donors (Lipinski definition) is 3. The van der Waals surface area contributed by atoms with Gasteiger partial charge in [0.15, 0.2) is 0 Å². The van der Waals surface area contributed by atoms with Crippen molar-refractivity contribution in [3.8, 4) is 0 Å². The summed E-state index contributed by atoms with van der Waals surface area (Å²) >= 11 is 0. The molecule has 4 unspecified atom stereocenters. The van der Waals surface area contributed by atoms with E-state index in [1.807, 2.05) is 30.3 Å². The third-order valence-corrected chi connectivity index (χ3v) is 4.60. The van der Waals surface area contributed by atoms with E-state index in [4.69, 9.17) is 10.8 Å². The van der Waals surface area contributed by atoms with Crippen LogP contribution in [0.3, 0.4) is 0 Å². The van der Waals surface area contributed by atoms with Crippen LogP contribution in [0.1, 0.15) is 45.6 Å². The average Bonchev–Trinajstić information content (AvgIpc) is 2.48. The number of carboxylic acid groups (broad SMARTS) is 1. The first-order valence-corrected chi connectivity index (χ1v) is 8.51. The predicted molar refractivity (Wildman–Crippen MR) is 93.1 cm³/mol. The van der Waals surface area contributed by atoms with Gasteiger partial charge in [0.05, 0.1) is 6.10 Å². The standard InChI is InChI=1S/C10H20O.C9H11NO2/c1-7(2)9-5-4-8(3)6-10(9)11;10-8(9(11)12)6-7-4-2-1-3-5-7/h7-11H,4-6H2,1-3H3;1-5,8H,6,10H2,(H,11,12). The maximum atomic E-state index is 10.4. The molecule has 130 valence electrons. The molecule has 0 heterocycles. The molecule has 23 heavy (non-hydrogen) atoms. The SMILES string of the molecule is CC1CCC(C(C)C)C(O)C1.NC(Cc1ccccc1)C(=O)O. The Bertz CT molecular complexity index is 461. The van der Waals surface area contributed by atoms with Gasteiger partial charge in [-0.25, -0.2) is 0 Å². The van der Waals surface area contributed by atoms with E-state index in [2.05, 4.69) is 20.8 Å². The molecule has 4 N–H and O–H groups in total. The van der Waals surface area contributed by atoms with Gasteiger partial charge >= 0.3 is 5.97 Å². The van der Waals surface area contributed by atoms with Gasteiger partial charge in [-0.2, -0.15) is 0 Å². The minimum atomic E-state index is -0.959. The Morgan fingerprint density at radius 3 is 2.35 bits per heavy atom. The second-order valence-electron chi connectivity index (χ2n) is 7.03. The quantitative estimate of drug-likeness (QED) is 0.796. The van der Waals surface area contributed by atoms with E-state index in [0.29, 0.717) is 18.3 Å². The van der Waals surface area contributed by atoms with Gasteiger partial charge in [0, 0.05) is 0 Å². The Hall–Kier alpha value is -1.39. The molecule has 4 nitrogen and oxygen atoms in total. The summed E-state index contributed by atoms with van der Waals surface area (Å²) in [6, 6.07) is 8.54. The van der Waals surface area contributed by atoms with Crippen LogP contribution >= 0.6 is 0 Å². The molecule has 1 aliphatic carbocycles. The van der Waals surface area contributed by atoms with Gasteiger partial charge in [0.2, 0.25) is 0 Å². The topological polar surface area (TPSA) is 83.5 Å². The first-order chi connectivity index (χ1) is 10.8. The second kappa shape index (κ2) is 9.68. The lowest BCUT2D eigenvalue weighted by atomic mass is 9.75. The molecule has 0 spiro atoms. The number of nitrogens with two attached hydrogens (primary N) is 1. The minimum Gasteiger partial charge on any atom is -0.480 e. The maximum absolute atomic E-state index is 10.4. The van der Waals surface area contributed by atoms with Crippen LogP contribution in [0.15, 0.2) is 30.3 Å². The Morgan fingerprint density at radius 1 is 1.26 bits per heavy atom. The predicted octanol–water partition coefficient (Wildman–Crippen LogP) is 3.08. The van der Waals surface area contributed by atoms with E-state index >= 15 is 0 Å². The largest absolute Gasteiger partial charge is 0.480 e. The average molecular weight is 321 g/mol. The molecular weight excluding hydrogens is 290 g/mol. The van der Waals surface area contributed by atoms with Gasteiger partial charge < -0.3 is 15.9 Å². The summed E-state index contributed by atoms with van der Waals surface area (Å²) in [5, 5.41) is 18.2. The monoisotopic (exact) mass is 321 g/mol. The Morgan fingerprint density at radius 2 is 1.87 bits per heavy atom. The first-order valence-electron chi connectivity index (χ1n) is 8.51. The summed E-state index contributed by atoms with van der Waals surface area (Å²) < 4.78 is 0. The van der Waals surface area contributed by atoms with Crippen molar-refractivity contribution >= 4 is 5.97 Å². The third-order valence-electron chi connectivity index (χ3n) is 4.60. The molecule has 4 heteroatoms. The Kier molecular flexibility index (Phi) is 8.28. The number of aliphatic hydroxyl groups excluding tert-OH is 1. The number of aliphatic hydroxyl groups is 1. The minimum absolute atomic E-state index is 0.0289. The van der Waals surface area contributed by atoms with Crippen LogP contribution in [0.25, 0.3) is 0 Å². The molecule has 0 radical (unpaired) electrons. The lowest BCUT2D eigenvalue weighted by Crippen LogP contribution is -2.32. The molecule has 2 rings (SSSR count). The molecule has 4 atom stereocenters. The molecule has 1 fully saturated rings. The molecule has 1 aliphatic rings. The molecule has 0 aromatic heterocycles. The second-order valence-corrected chi connectivity index (χ2v) is 7.03. The fraction of sp³-hybridized carbons (Fsp3) is 0.632. The summed E-state index contributed by atoms with van der Waals surface area (Å²) in [6.45, 7) is 6.66. The molecule has 0 saturated heterocycles. The third kappa shape index (κ3) is 7.14. The molecule has 0 aliphatic heterocycles. The van der Waals surface area contributed by atoms with Crippen LogP contribution < -0.4 is 5.73 Å². The highest BCUT2D eigenvalue weighted by Gasteiger charge is 2.28.